The molecule has 0 aliphatic rings. The van der Waals surface area contributed by atoms with Crippen molar-refractivity contribution >= 4 is 38.9 Å². The van der Waals surface area contributed by atoms with Crippen LogP contribution in [-0.4, -0.2) is 28.1 Å². The predicted molar refractivity (Wildman–Crippen MR) is 64.7 cm³/mol. The first-order chi connectivity index (χ1) is 9.27. The van der Waals surface area contributed by atoms with Crippen LogP contribution in [0.4, 0.5) is 13.2 Å². The molecule has 0 fully saturated rings. The summed E-state index contributed by atoms with van der Waals surface area (Å²) in [6.07, 6.45) is -4.18. The van der Waals surface area contributed by atoms with Gasteiger partial charge in [0.1, 0.15) is 5.65 Å². The van der Waals surface area contributed by atoms with Gasteiger partial charge < -0.3 is 9.72 Å². The number of pyridine rings is 1. The van der Waals surface area contributed by atoms with Gasteiger partial charge in [-0.05, 0) is 28.1 Å². The number of aromatic nitrogens is 2. The summed E-state index contributed by atoms with van der Waals surface area (Å²) in [7, 11) is 0. The van der Waals surface area contributed by atoms with E-state index in [0.717, 1.165) is 0 Å². The van der Waals surface area contributed by atoms with Crippen molar-refractivity contribution in [2.75, 3.05) is 0 Å². The Labute approximate surface area is 118 Å². The number of carbonyl (C=O) groups is 2. The molecule has 20 heavy (non-hydrogen) atoms. The van der Waals surface area contributed by atoms with E-state index in [0.29, 0.717) is 21.2 Å². The molecule has 0 saturated carbocycles. The van der Waals surface area contributed by atoms with E-state index in [1.807, 2.05) is 0 Å². The van der Waals surface area contributed by atoms with Crippen molar-refractivity contribution < 1.29 is 27.5 Å². The maximum atomic E-state index is 11.9. The Bertz CT molecular complexity index is 681. The minimum absolute atomic E-state index is 0.291. The lowest BCUT2D eigenvalue weighted by molar-refractivity contribution is -0.201. The lowest BCUT2D eigenvalue weighted by Crippen LogP contribution is -2.28. The summed E-state index contributed by atoms with van der Waals surface area (Å²) < 4.78 is 40.2. The summed E-state index contributed by atoms with van der Waals surface area (Å²) in [5.74, 6) is -3.83. The van der Waals surface area contributed by atoms with Gasteiger partial charge in [-0.3, -0.25) is 4.79 Å². The van der Waals surface area contributed by atoms with Gasteiger partial charge in [0.25, 0.3) is 0 Å². The van der Waals surface area contributed by atoms with E-state index in [-0.39, 0.29) is 0 Å². The number of aromatic amines is 1. The molecule has 0 aromatic carbocycles. The molecule has 2 heterocycles. The largest absolute Gasteiger partial charge is 0.491 e. The van der Waals surface area contributed by atoms with Gasteiger partial charge in [-0.1, -0.05) is 0 Å². The van der Waals surface area contributed by atoms with Crippen molar-refractivity contribution in [2.45, 2.75) is 12.6 Å². The standard InChI is InChI=1S/C11H6BrF3N2O3/c12-7-1-2-16-9-6(7)3-5(17-9)4-8(18)20-10(19)11(13,14)15/h1-3H,4H2,(H,16,17). The number of nitrogens with zero attached hydrogens (tertiary/aromatic N) is 1. The fourth-order valence-electron chi connectivity index (χ4n) is 1.50. The van der Waals surface area contributed by atoms with Gasteiger partial charge in [-0.25, -0.2) is 9.78 Å². The molecule has 0 aliphatic carbocycles. The Morgan fingerprint density at radius 2 is 2.10 bits per heavy atom. The Balaban J connectivity index is 2.11. The molecule has 1 N–H and O–H groups in total. The van der Waals surface area contributed by atoms with Crippen LogP contribution < -0.4 is 0 Å². The number of esters is 2. The van der Waals surface area contributed by atoms with Gasteiger partial charge in [0.15, 0.2) is 0 Å². The molecular weight excluding hydrogens is 345 g/mol. The first-order valence-corrected chi connectivity index (χ1v) is 6.00. The van der Waals surface area contributed by atoms with E-state index in [2.05, 4.69) is 30.6 Å². The molecule has 106 valence electrons. The Hall–Kier alpha value is -1.90. The van der Waals surface area contributed by atoms with Crippen LogP contribution in [0, 0.1) is 0 Å². The zero-order valence-electron chi connectivity index (χ0n) is 9.62. The number of H-pyrrole nitrogens is 1. The molecule has 0 bridgehead atoms. The lowest BCUT2D eigenvalue weighted by atomic mass is 10.3. The van der Waals surface area contributed by atoms with Crippen molar-refractivity contribution in [3.63, 3.8) is 0 Å². The summed E-state index contributed by atoms with van der Waals surface area (Å²) in [4.78, 5) is 28.5. The van der Waals surface area contributed by atoms with Crippen molar-refractivity contribution in [1.29, 1.82) is 0 Å². The second-order valence-electron chi connectivity index (χ2n) is 3.79. The lowest BCUT2D eigenvalue weighted by Gasteiger charge is -2.04. The summed E-state index contributed by atoms with van der Waals surface area (Å²) in [6, 6.07) is 3.21. The van der Waals surface area contributed by atoms with Crippen LogP contribution in [0.3, 0.4) is 0 Å². The van der Waals surface area contributed by atoms with Gasteiger partial charge in [0, 0.05) is 21.7 Å². The minimum Gasteiger partial charge on any atom is -0.386 e. The Morgan fingerprint density at radius 1 is 1.40 bits per heavy atom. The third kappa shape index (κ3) is 3.16. The van der Waals surface area contributed by atoms with E-state index in [4.69, 9.17) is 0 Å². The molecule has 0 atom stereocenters. The monoisotopic (exact) mass is 350 g/mol. The molecule has 2 aromatic heterocycles. The average molecular weight is 351 g/mol. The highest BCUT2D eigenvalue weighted by atomic mass is 79.9. The molecule has 0 aliphatic heterocycles. The van der Waals surface area contributed by atoms with Crippen molar-refractivity contribution in [3.05, 3.63) is 28.5 Å². The number of alkyl halides is 3. The number of hydrogen-bond acceptors (Lipinski definition) is 4. The first kappa shape index (κ1) is 14.5. The number of ether oxygens (including phenoxy) is 1. The normalized spacial score (nSPS) is 11.6. The van der Waals surface area contributed by atoms with E-state index in [9.17, 15) is 22.8 Å². The molecule has 0 radical (unpaired) electrons. The summed E-state index contributed by atoms with van der Waals surface area (Å²) in [6.45, 7) is 0. The smallest absolute Gasteiger partial charge is 0.386 e. The van der Waals surface area contributed by atoms with Gasteiger partial charge in [0.2, 0.25) is 0 Å². The summed E-state index contributed by atoms with van der Waals surface area (Å²) in [5, 5.41) is 0.664. The number of fused-ring (bicyclic) bond motifs is 1. The van der Waals surface area contributed by atoms with E-state index < -0.39 is 24.5 Å². The second-order valence-corrected chi connectivity index (χ2v) is 4.64. The number of nitrogens with one attached hydrogen (secondary N) is 1. The molecule has 0 saturated heterocycles. The average Bonchev–Trinajstić information content (AvgIpc) is 2.71. The maximum absolute atomic E-state index is 11.9. The minimum atomic E-state index is -5.19. The van der Waals surface area contributed by atoms with Crippen LogP contribution in [0.1, 0.15) is 5.69 Å². The summed E-state index contributed by atoms with van der Waals surface area (Å²) >= 11 is 3.26. The third-order valence-electron chi connectivity index (χ3n) is 2.31. The number of hydrogen-bond donors (Lipinski definition) is 1. The fraction of sp³-hybridized carbons (Fsp3) is 0.182. The Morgan fingerprint density at radius 3 is 2.70 bits per heavy atom. The van der Waals surface area contributed by atoms with Crippen LogP contribution in [-0.2, 0) is 20.7 Å². The quantitative estimate of drug-likeness (QED) is 0.667. The molecule has 5 nitrogen and oxygen atoms in total. The molecule has 0 unspecified atom stereocenters. The second kappa shape index (κ2) is 5.23. The highest BCUT2D eigenvalue weighted by Crippen LogP contribution is 2.23. The number of carbonyl (C=O) groups excluding carboxylic acids is 2. The predicted octanol–water partition coefficient (Wildman–Crippen LogP) is 2.50. The Kier molecular flexibility index (Phi) is 3.80. The first-order valence-electron chi connectivity index (χ1n) is 5.21. The van der Waals surface area contributed by atoms with E-state index in [1.54, 1.807) is 6.07 Å². The molecule has 0 amide bonds. The molecule has 9 heteroatoms. The number of halogens is 4. The fourth-order valence-corrected chi connectivity index (χ4v) is 1.92. The highest BCUT2D eigenvalue weighted by molar-refractivity contribution is 9.10. The third-order valence-corrected chi connectivity index (χ3v) is 3.00. The number of rotatable bonds is 2. The van der Waals surface area contributed by atoms with Crippen LogP contribution >= 0.6 is 15.9 Å². The van der Waals surface area contributed by atoms with Crippen LogP contribution in [0.2, 0.25) is 0 Å². The van der Waals surface area contributed by atoms with Gasteiger partial charge in [0.05, 0.1) is 6.42 Å². The molecule has 0 spiro atoms. The zero-order chi connectivity index (χ0) is 14.9. The van der Waals surface area contributed by atoms with Crippen LogP contribution in [0.25, 0.3) is 11.0 Å². The molecular formula is C11H6BrF3N2O3. The topological polar surface area (TPSA) is 72.1 Å². The SMILES string of the molecule is O=C(Cc1cc2c(Br)ccnc2[nH]1)OC(=O)C(F)(F)F. The van der Waals surface area contributed by atoms with Crippen molar-refractivity contribution in [3.8, 4) is 0 Å². The van der Waals surface area contributed by atoms with Gasteiger partial charge in [-0.2, -0.15) is 13.2 Å². The van der Waals surface area contributed by atoms with Crippen LogP contribution in [0.5, 0.6) is 0 Å². The summed E-state index contributed by atoms with van der Waals surface area (Å²) in [5.41, 5.74) is 0.753. The zero-order valence-corrected chi connectivity index (χ0v) is 11.2. The van der Waals surface area contributed by atoms with Crippen molar-refractivity contribution in [1.82, 2.24) is 9.97 Å². The van der Waals surface area contributed by atoms with E-state index >= 15 is 0 Å². The molecule has 2 aromatic rings. The van der Waals surface area contributed by atoms with Gasteiger partial charge in [-0.15, -0.1) is 0 Å². The van der Waals surface area contributed by atoms with E-state index in [1.165, 1.54) is 12.3 Å². The molecule has 2 rings (SSSR count). The van der Waals surface area contributed by atoms with Gasteiger partial charge >= 0.3 is 18.1 Å². The highest BCUT2D eigenvalue weighted by Gasteiger charge is 2.42. The van der Waals surface area contributed by atoms with Crippen molar-refractivity contribution in [2.24, 2.45) is 0 Å². The van der Waals surface area contributed by atoms with Crippen LogP contribution in [0.15, 0.2) is 22.8 Å². The maximum Gasteiger partial charge on any atom is 0.491 e.